The van der Waals surface area contributed by atoms with E-state index in [2.05, 4.69) is 46.2 Å². The molecule has 3 aromatic rings. The second-order valence-electron chi connectivity index (χ2n) is 9.46. The molecule has 0 N–H and O–H groups in total. The Morgan fingerprint density at radius 3 is 2.34 bits per heavy atom. The number of hydrogen-bond donors (Lipinski definition) is 0. The normalized spacial score (nSPS) is 19.1. The Morgan fingerprint density at radius 1 is 0.914 bits per heavy atom. The Kier molecular flexibility index (Phi) is 7.02. The molecule has 0 radical (unpaired) electrons. The van der Waals surface area contributed by atoms with Crippen LogP contribution in [0.5, 0.6) is 0 Å². The summed E-state index contributed by atoms with van der Waals surface area (Å²) in [6, 6.07) is 24.9. The number of carbonyl (C=O) groups excluding carboxylic acids is 1. The highest BCUT2D eigenvalue weighted by molar-refractivity contribution is 6.03. The predicted octanol–water partition coefficient (Wildman–Crippen LogP) is 4.63. The molecule has 1 atom stereocenters. The van der Waals surface area contributed by atoms with Crippen LogP contribution in [0.1, 0.15) is 34.7 Å². The minimum Gasteiger partial charge on any atom is -0.297 e. The molecule has 2 heterocycles. The largest absolute Gasteiger partial charge is 0.297 e. The van der Waals surface area contributed by atoms with E-state index in [-0.39, 0.29) is 17.8 Å². The zero-order valence-electron chi connectivity index (χ0n) is 20.1. The van der Waals surface area contributed by atoms with Crippen molar-refractivity contribution >= 4 is 11.6 Å². The Hall–Kier alpha value is -3.35. The molecule has 0 bridgehead atoms. The Bertz CT molecular complexity index is 1190. The van der Waals surface area contributed by atoms with Crippen LogP contribution in [-0.4, -0.2) is 59.2 Å². The van der Waals surface area contributed by atoms with Gasteiger partial charge in [-0.15, -0.1) is 0 Å². The first-order chi connectivity index (χ1) is 17.0. The lowest BCUT2D eigenvalue weighted by atomic mass is 9.98. The SMILES string of the molecule is Cc1ccc(C2=NN(C(=O)CN3CCN(Cc4ccccc4)CC3)[C@H](c3cccc(F)c3)C2)cc1. The summed E-state index contributed by atoms with van der Waals surface area (Å²) in [5.74, 6) is -0.342. The number of piperazine rings is 1. The lowest BCUT2D eigenvalue weighted by molar-refractivity contribution is -0.134. The summed E-state index contributed by atoms with van der Waals surface area (Å²) in [5.41, 5.74) is 5.12. The number of amides is 1. The number of aryl methyl sites for hydroxylation is 1. The molecule has 0 saturated carbocycles. The van der Waals surface area contributed by atoms with Gasteiger partial charge in [-0.25, -0.2) is 9.40 Å². The number of hydrazone groups is 1. The third-order valence-electron chi connectivity index (χ3n) is 6.86. The summed E-state index contributed by atoms with van der Waals surface area (Å²) < 4.78 is 14.0. The van der Waals surface area contributed by atoms with Crippen LogP contribution < -0.4 is 0 Å². The fourth-order valence-electron chi connectivity index (χ4n) is 4.85. The monoisotopic (exact) mass is 470 g/mol. The molecule has 180 valence electrons. The minimum atomic E-state index is -0.298. The van der Waals surface area contributed by atoms with Crippen LogP contribution in [0.15, 0.2) is 84.0 Å². The molecule has 2 aliphatic heterocycles. The highest BCUT2D eigenvalue weighted by Crippen LogP contribution is 2.33. The van der Waals surface area contributed by atoms with E-state index < -0.39 is 0 Å². The average Bonchev–Trinajstić information content (AvgIpc) is 3.32. The van der Waals surface area contributed by atoms with Gasteiger partial charge in [0.25, 0.3) is 5.91 Å². The van der Waals surface area contributed by atoms with Crippen molar-refractivity contribution in [3.8, 4) is 0 Å². The Morgan fingerprint density at radius 2 is 1.63 bits per heavy atom. The lowest BCUT2D eigenvalue weighted by Gasteiger charge is -2.35. The third kappa shape index (κ3) is 5.66. The van der Waals surface area contributed by atoms with Gasteiger partial charge in [-0.2, -0.15) is 5.10 Å². The first-order valence-corrected chi connectivity index (χ1v) is 12.3. The van der Waals surface area contributed by atoms with E-state index in [4.69, 9.17) is 5.10 Å². The molecule has 0 aliphatic carbocycles. The van der Waals surface area contributed by atoms with Crippen molar-refractivity contribution in [3.05, 3.63) is 107 Å². The molecule has 2 aliphatic rings. The molecule has 5 nitrogen and oxygen atoms in total. The highest BCUT2D eigenvalue weighted by atomic mass is 19.1. The second kappa shape index (κ2) is 10.5. The van der Waals surface area contributed by atoms with Crippen LogP contribution in [0.2, 0.25) is 0 Å². The lowest BCUT2D eigenvalue weighted by Crippen LogP contribution is -2.49. The van der Waals surface area contributed by atoms with Gasteiger partial charge in [-0.3, -0.25) is 14.6 Å². The molecule has 35 heavy (non-hydrogen) atoms. The van der Waals surface area contributed by atoms with Crippen molar-refractivity contribution in [2.45, 2.75) is 25.9 Å². The van der Waals surface area contributed by atoms with E-state index in [1.165, 1.54) is 23.3 Å². The number of carbonyl (C=O) groups is 1. The number of benzene rings is 3. The van der Waals surface area contributed by atoms with E-state index in [1.807, 2.05) is 31.2 Å². The van der Waals surface area contributed by atoms with Crippen molar-refractivity contribution in [2.75, 3.05) is 32.7 Å². The predicted molar refractivity (Wildman–Crippen MR) is 136 cm³/mol. The summed E-state index contributed by atoms with van der Waals surface area (Å²) in [6.07, 6.45) is 0.573. The van der Waals surface area contributed by atoms with Crippen molar-refractivity contribution in [3.63, 3.8) is 0 Å². The van der Waals surface area contributed by atoms with Crippen LogP contribution >= 0.6 is 0 Å². The highest BCUT2D eigenvalue weighted by Gasteiger charge is 2.34. The number of rotatable bonds is 6. The zero-order valence-corrected chi connectivity index (χ0v) is 20.1. The average molecular weight is 471 g/mol. The van der Waals surface area contributed by atoms with Crippen LogP contribution in [0.3, 0.4) is 0 Å². The van der Waals surface area contributed by atoms with E-state index in [9.17, 15) is 9.18 Å². The maximum Gasteiger partial charge on any atom is 0.257 e. The van der Waals surface area contributed by atoms with E-state index in [0.717, 1.165) is 49.6 Å². The molecule has 1 fully saturated rings. The fraction of sp³-hybridized carbons (Fsp3) is 0.310. The van der Waals surface area contributed by atoms with Crippen LogP contribution in [0.4, 0.5) is 4.39 Å². The smallest absolute Gasteiger partial charge is 0.257 e. The molecule has 0 unspecified atom stereocenters. The maximum absolute atomic E-state index is 14.0. The number of nitrogens with zero attached hydrogens (tertiary/aromatic N) is 4. The third-order valence-corrected chi connectivity index (χ3v) is 6.86. The van der Waals surface area contributed by atoms with E-state index in [1.54, 1.807) is 11.1 Å². The summed E-state index contributed by atoms with van der Waals surface area (Å²) >= 11 is 0. The summed E-state index contributed by atoms with van der Waals surface area (Å²) in [4.78, 5) is 18.1. The van der Waals surface area contributed by atoms with Gasteiger partial charge in [0.15, 0.2) is 0 Å². The maximum atomic E-state index is 14.0. The minimum absolute atomic E-state index is 0.0436. The molecule has 1 saturated heterocycles. The Labute approximate surface area is 206 Å². The van der Waals surface area contributed by atoms with Gasteiger partial charge in [0.2, 0.25) is 0 Å². The van der Waals surface area contributed by atoms with Crippen LogP contribution in [0, 0.1) is 12.7 Å². The fourth-order valence-corrected chi connectivity index (χ4v) is 4.85. The van der Waals surface area contributed by atoms with Crippen LogP contribution in [0.25, 0.3) is 0 Å². The summed E-state index contributed by atoms with van der Waals surface area (Å²) in [5, 5.41) is 6.34. The summed E-state index contributed by atoms with van der Waals surface area (Å²) in [7, 11) is 0. The van der Waals surface area contributed by atoms with Gasteiger partial charge in [0.1, 0.15) is 5.82 Å². The summed E-state index contributed by atoms with van der Waals surface area (Å²) in [6.45, 7) is 6.82. The first kappa shape index (κ1) is 23.4. The molecular formula is C29H31FN4O. The van der Waals surface area contributed by atoms with Crippen molar-refractivity contribution in [2.24, 2.45) is 5.10 Å². The molecule has 1 amide bonds. The van der Waals surface area contributed by atoms with Crippen molar-refractivity contribution < 1.29 is 9.18 Å². The van der Waals surface area contributed by atoms with Gasteiger partial charge in [0, 0.05) is 39.1 Å². The second-order valence-corrected chi connectivity index (χ2v) is 9.46. The van der Waals surface area contributed by atoms with Crippen LogP contribution in [-0.2, 0) is 11.3 Å². The molecular weight excluding hydrogens is 439 g/mol. The Balaban J connectivity index is 1.27. The quantitative estimate of drug-likeness (QED) is 0.527. The number of halogens is 1. The van der Waals surface area contributed by atoms with Gasteiger partial charge < -0.3 is 0 Å². The van der Waals surface area contributed by atoms with Gasteiger partial charge >= 0.3 is 0 Å². The molecule has 0 aromatic heterocycles. The van der Waals surface area contributed by atoms with Crippen molar-refractivity contribution in [1.82, 2.24) is 14.8 Å². The van der Waals surface area contributed by atoms with Gasteiger partial charge in [-0.1, -0.05) is 72.3 Å². The molecule has 3 aromatic carbocycles. The number of hydrogen-bond acceptors (Lipinski definition) is 4. The zero-order chi connectivity index (χ0) is 24.2. The van der Waals surface area contributed by atoms with Gasteiger partial charge in [-0.05, 0) is 35.7 Å². The van der Waals surface area contributed by atoms with E-state index in [0.29, 0.717) is 13.0 Å². The molecule has 6 heteroatoms. The molecule has 5 rings (SSSR count). The molecule has 0 spiro atoms. The van der Waals surface area contributed by atoms with Crippen molar-refractivity contribution in [1.29, 1.82) is 0 Å². The van der Waals surface area contributed by atoms with E-state index >= 15 is 0 Å². The standard InChI is InChI=1S/C29H31FN4O/c1-22-10-12-24(13-11-22)27-19-28(25-8-5-9-26(30)18-25)34(31-27)29(35)21-33-16-14-32(15-17-33)20-23-6-3-2-4-7-23/h2-13,18,28H,14-17,19-21H2,1H3/t28-/m0/s1. The van der Waals surface area contributed by atoms with Gasteiger partial charge in [0.05, 0.1) is 18.3 Å². The first-order valence-electron chi connectivity index (χ1n) is 12.3. The topological polar surface area (TPSA) is 39.2 Å².